The van der Waals surface area contributed by atoms with Crippen LogP contribution in [0.15, 0.2) is 23.6 Å². The summed E-state index contributed by atoms with van der Waals surface area (Å²) in [5, 5.41) is 5.00. The van der Waals surface area contributed by atoms with Crippen LogP contribution in [0.5, 0.6) is 0 Å². The largest absolute Gasteiger partial charge is 0.316 e. The first-order chi connectivity index (χ1) is 7.68. The van der Waals surface area contributed by atoms with E-state index in [2.05, 4.69) is 36.1 Å². The van der Waals surface area contributed by atoms with Crippen LogP contribution in [0.2, 0.25) is 0 Å². The maximum Gasteiger partial charge on any atom is 0.115 e. The summed E-state index contributed by atoms with van der Waals surface area (Å²) in [6.07, 6.45) is 6.49. The van der Waals surface area contributed by atoms with Gasteiger partial charge in [0.05, 0.1) is 6.20 Å². The molecular weight excluding hydrogens is 218 g/mol. The van der Waals surface area contributed by atoms with E-state index in [1.165, 1.54) is 6.42 Å². The number of nitrogens with zero attached hydrogens (tertiary/aromatic N) is 2. The van der Waals surface area contributed by atoms with Crippen LogP contribution in [0, 0.1) is 5.92 Å². The zero-order chi connectivity index (χ0) is 11.8. The summed E-state index contributed by atoms with van der Waals surface area (Å²) in [6, 6.07) is 0. The average molecular weight is 239 g/mol. The Balaban J connectivity index is 2.14. The Labute approximate surface area is 102 Å². The van der Waals surface area contributed by atoms with Crippen molar-refractivity contribution in [3.8, 4) is 0 Å². The van der Waals surface area contributed by atoms with Gasteiger partial charge in [0.25, 0.3) is 0 Å². The number of thioether (sulfide) groups is 1. The Hall–Kier alpha value is -0.610. The van der Waals surface area contributed by atoms with Crippen LogP contribution >= 0.6 is 11.8 Å². The monoisotopic (exact) mass is 239 g/mol. The molecule has 4 heteroatoms. The lowest BCUT2D eigenvalue weighted by Gasteiger charge is -2.12. The van der Waals surface area contributed by atoms with Crippen LogP contribution in [0.1, 0.15) is 27.2 Å². The van der Waals surface area contributed by atoms with E-state index in [1.54, 1.807) is 24.2 Å². The summed E-state index contributed by atoms with van der Waals surface area (Å²) in [7, 11) is 0. The summed E-state index contributed by atoms with van der Waals surface area (Å²) in [6.45, 7) is 8.83. The molecule has 1 unspecified atom stereocenters. The van der Waals surface area contributed by atoms with Gasteiger partial charge in [-0.2, -0.15) is 0 Å². The molecule has 16 heavy (non-hydrogen) atoms. The first-order valence-electron chi connectivity index (χ1n) is 5.82. The molecule has 1 heterocycles. The lowest BCUT2D eigenvalue weighted by atomic mass is 10.1. The van der Waals surface area contributed by atoms with Gasteiger partial charge in [0.2, 0.25) is 0 Å². The predicted molar refractivity (Wildman–Crippen MR) is 69.7 cm³/mol. The van der Waals surface area contributed by atoms with Crippen molar-refractivity contribution in [1.29, 1.82) is 0 Å². The standard InChI is InChI=1S/C12H21N3S/c1-10(2)4-5-13-8-11(3)16-12-9-14-6-7-15-12/h6-7,9-11,13H,4-5,8H2,1-3H3. The fourth-order valence-corrected chi connectivity index (χ4v) is 2.15. The van der Waals surface area contributed by atoms with Crippen molar-refractivity contribution < 1.29 is 0 Å². The molecule has 0 aliphatic carbocycles. The van der Waals surface area contributed by atoms with Crippen molar-refractivity contribution in [2.45, 2.75) is 37.5 Å². The summed E-state index contributed by atoms with van der Waals surface area (Å²) in [4.78, 5) is 8.30. The Morgan fingerprint density at radius 1 is 1.31 bits per heavy atom. The molecule has 0 spiro atoms. The third-order valence-corrected chi connectivity index (χ3v) is 3.21. The van der Waals surface area contributed by atoms with Gasteiger partial charge in [-0.3, -0.25) is 4.98 Å². The number of hydrogen-bond donors (Lipinski definition) is 1. The van der Waals surface area contributed by atoms with Gasteiger partial charge in [-0.15, -0.1) is 11.8 Å². The zero-order valence-electron chi connectivity index (χ0n) is 10.3. The highest BCUT2D eigenvalue weighted by atomic mass is 32.2. The Morgan fingerprint density at radius 2 is 2.12 bits per heavy atom. The number of hydrogen-bond acceptors (Lipinski definition) is 4. The Morgan fingerprint density at radius 3 is 2.75 bits per heavy atom. The molecule has 1 aromatic rings. The van der Waals surface area contributed by atoms with Crippen molar-refractivity contribution in [1.82, 2.24) is 15.3 Å². The van der Waals surface area contributed by atoms with Gasteiger partial charge >= 0.3 is 0 Å². The van der Waals surface area contributed by atoms with Crippen molar-refractivity contribution in [2.75, 3.05) is 13.1 Å². The molecule has 90 valence electrons. The van der Waals surface area contributed by atoms with E-state index in [0.717, 1.165) is 24.0 Å². The maximum absolute atomic E-state index is 4.25. The molecule has 0 amide bonds. The molecule has 0 fully saturated rings. The van der Waals surface area contributed by atoms with Gasteiger partial charge < -0.3 is 5.32 Å². The Kier molecular flexibility index (Phi) is 6.42. The maximum atomic E-state index is 4.25. The topological polar surface area (TPSA) is 37.8 Å². The van der Waals surface area contributed by atoms with Gasteiger partial charge in [0.15, 0.2) is 0 Å². The van der Waals surface area contributed by atoms with E-state index in [0.29, 0.717) is 5.25 Å². The minimum Gasteiger partial charge on any atom is -0.316 e. The predicted octanol–water partition coefficient (Wildman–Crippen LogP) is 2.59. The molecule has 0 aromatic carbocycles. The highest BCUT2D eigenvalue weighted by Crippen LogP contribution is 2.18. The van der Waals surface area contributed by atoms with Crippen LogP contribution in [0.25, 0.3) is 0 Å². The molecule has 0 bridgehead atoms. The normalized spacial score (nSPS) is 13.0. The van der Waals surface area contributed by atoms with Crippen LogP contribution in [0.3, 0.4) is 0 Å². The fourth-order valence-electron chi connectivity index (χ4n) is 1.29. The molecule has 0 saturated carbocycles. The second kappa shape index (κ2) is 7.63. The summed E-state index contributed by atoms with van der Waals surface area (Å²) in [5.74, 6) is 0.774. The highest BCUT2D eigenvalue weighted by Gasteiger charge is 2.04. The molecule has 0 aliphatic rings. The quantitative estimate of drug-likeness (QED) is 0.586. The molecule has 1 aromatic heterocycles. The van der Waals surface area contributed by atoms with Gasteiger partial charge in [-0.05, 0) is 18.9 Å². The van der Waals surface area contributed by atoms with Gasteiger partial charge in [0.1, 0.15) is 5.03 Å². The number of rotatable bonds is 7. The number of aromatic nitrogens is 2. The summed E-state index contributed by atoms with van der Waals surface area (Å²) in [5.41, 5.74) is 0. The molecule has 1 N–H and O–H groups in total. The average Bonchev–Trinajstić information content (AvgIpc) is 2.25. The van der Waals surface area contributed by atoms with Gasteiger partial charge in [-0.1, -0.05) is 20.8 Å². The highest BCUT2D eigenvalue weighted by molar-refractivity contribution is 7.99. The third kappa shape index (κ3) is 6.08. The van der Waals surface area contributed by atoms with E-state index < -0.39 is 0 Å². The van der Waals surface area contributed by atoms with Crippen molar-refractivity contribution in [3.63, 3.8) is 0 Å². The smallest absolute Gasteiger partial charge is 0.115 e. The Bertz CT molecular complexity index is 277. The first-order valence-corrected chi connectivity index (χ1v) is 6.70. The second-order valence-corrected chi connectivity index (χ2v) is 5.82. The molecule has 0 aliphatic heterocycles. The van der Waals surface area contributed by atoms with E-state index in [1.807, 2.05) is 6.20 Å². The SMILES string of the molecule is CC(C)CCNCC(C)Sc1cnccn1. The van der Waals surface area contributed by atoms with Gasteiger partial charge in [0, 0.05) is 24.2 Å². The van der Waals surface area contributed by atoms with E-state index in [9.17, 15) is 0 Å². The van der Waals surface area contributed by atoms with E-state index in [-0.39, 0.29) is 0 Å². The first kappa shape index (κ1) is 13.5. The third-order valence-electron chi connectivity index (χ3n) is 2.19. The van der Waals surface area contributed by atoms with Crippen molar-refractivity contribution >= 4 is 11.8 Å². The van der Waals surface area contributed by atoms with E-state index >= 15 is 0 Å². The fraction of sp³-hybridized carbons (Fsp3) is 0.667. The molecule has 3 nitrogen and oxygen atoms in total. The zero-order valence-corrected chi connectivity index (χ0v) is 11.1. The lowest BCUT2D eigenvalue weighted by Crippen LogP contribution is -2.24. The van der Waals surface area contributed by atoms with Crippen molar-refractivity contribution in [2.24, 2.45) is 5.92 Å². The minimum atomic E-state index is 0.531. The van der Waals surface area contributed by atoms with Crippen LogP contribution < -0.4 is 5.32 Å². The number of nitrogens with one attached hydrogen (secondary N) is 1. The van der Waals surface area contributed by atoms with Crippen molar-refractivity contribution in [3.05, 3.63) is 18.6 Å². The summed E-state index contributed by atoms with van der Waals surface area (Å²) < 4.78 is 0. The minimum absolute atomic E-state index is 0.531. The molecule has 0 radical (unpaired) electrons. The molecular formula is C12H21N3S. The van der Waals surface area contributed by atoms with Crippen LogP contribution in [-0.2, 0) is 0 Å². The summed E-state index contributed by atoms with van der Waals surface area (Å²) >= 11 is 1.77. The molecule has 0 saturated heterocycles. The molecule has 1 atom stereocenters. The van der Waals surface area contributed by atoms with Gasteiger partial charge in [-0.25, -0.2) is 4.98 Å². The lowest BCUT2D eigenvalue weighted by molar-refractivity contribution is 0.539. The van der Waals surface area contributed by atoms with Crippen LogP contribution in [0.4, 0.5) is 0 Å². The van der Waals surface area contributed by atoms with Crippen LogP contribution in [-0.4, -0.2) is 28.3 Å². The second-order valence-electron chi connectivity index (χ2n) is 4.36. The molecule has 1 rings (SSSR count). The van der Waals surface area contributed by atoms with E-state index in [4.69, 9.17) is 0 Å².